The van der Waals surface area contributed by atoms with Crippen molar-refractivity contribution in [1.29, 1.82) is 0 Å². The first-order chi connectivity index (χ1) is 10.3. The fourth-order valence-electron chi connectivity index (χ4n) is 2.62. The maximum Gasteiger partial charge on any atom is 0.196 e. The molecule has 1 aliphatic rings. The van der Waals surface area contributed by atoms with Crippen LogP contribution in [0, 0.1) is 0 Å². The first-order valence-corrected chi connectivity index (χ1v) is 8.51. The highest BCUT2D eigenvalue weighted by molar-refractivity contribution is 7.99. The van der Waals surface area contributed by atoms with Gasteiger partial charge in [0.05, 0.1) is 5.02 Å². The minimum atomic E-state index is 0.777. The maximum absolute atomic E-state index is 6.39. The first-order valence-electron chi connectivity index (χ1n) is 7.31. The lowest BCUT2D eigenvalue weighted by Crippen LogP contribution is -2.07. The molecule has 0 saturated heterocycles. The van der Waals surface area contributed by atoms with Gasteiger partial charge in [0, 0.05) is 24.4 Å². The van der Waals surface area contributed by atoms with E-state index in [4.69, 9.17) is 11.6 Å². The average molecular weight is 323 g/mol. The second-order valence-electron chi connectivity index (χ2n) is 5.22. The van der Waals surface area contributed by atoms with Crippen LogP contribution in [0.4, 0.5) is 0 Å². The molecule has 0 radical (unpaired) electrons. The van der Waals surface area contributed by atoms with Crippen LogP contribution in [-0.4, -0.2) is 21.8 Å². The molecular weight excluding hydrogens is 304 g/mol. The van der Waals surface area contributed by atoms with Gasteiger partial charge in [-0.15, -0.1) is 10.2 Å². The van der Waals surface area contributed by atoms with Gasteiger partial charge in [-0.2, -0.15) is 0 Å². The Balaban J connectivity index is 1.92. The Kier molecular flexibility index (Phi) is 4.83. The third-order valence-corrected chi connectivity index (χ3v) is 5.28. The van der Waals surface area contributed by atoms with Gasteiger partial charge in [0.1, 0.15) is 5.82 Å². The number of nitrogens with one attached hydrogen (secondary N) is 1. The van der Waals surface area contributed by atoms with Gasteiger partial charge in [0.2, 0.25) is 0 Å². The lowest BCUT2D eigenvalue weighted by atomic mass is 10.2. The van der Waals surface area contributed by atoms with Crippen molar-refractivity contribution in [1.82, 2.24) is 20.1 Å². The lowest BCUT2D eigenvalue weighted by molar-refractivity contribution is 0.591. The second kappa shape index (κ2) is 6.81. The highest BCUT2D eigenvalue weighted by Crippen LogP contribution is 2.36. The summed E-state index contributed by atoms with van der Waals surface area (Å²) < 4.78 is 2.25. The summed E-state index contributed by atoms with van der Waals surface area (Å²) in [4.78, 5) is 1.08. The largest absolute Gasteiger partial charge is 0.316 e. The normalized spacial score (nSPS) is 14.8. The second-order valence-corrected chi connectivity index (χ2v) is 6.61. The number of aromatic nitrogens is 3. The van der Waals surface area contributed by atoms with Crippen molar-refractivity contribution in [3.63, 3.8) is 0 Å². The molecule has 1 aromatic carbocycles. The van der Waals surface area contributed by atoms with E-state index in [1.165, 1.54) is 24.8 Å². The number of fused-ring (bicyclic) bond motifs is 1. The van der Waals surface area contributed by atoms with Crippen molar-refractivity contribution in [2.45, 2.75) is 48.8 Å². The zero-order valence-electron chi connectivity index (χ0n) is 12.1. The number of hydrogen-bond donors (Lipinski definition) is 1. The molecular formula is C15H19ClN4S. The van der Waals surface area contributed by atoms with Gasteiger partial charge in [-0.1, -0.05) is 30.2 Å². The fraction of sp³-hybridized carbons (Fsp3) is 0.467. The number of aryl methyl sites for hydroxylation is 1. The lowest BCUT2D eigenvalue weighted by Gasteiger charge is -2.11. The van der Waals surface area contributed by atoms with Crippen LogP contribution >= 0.6 is 23.4 Å². The van der Waals surface area contributed by atoms with Crippen LogP contribution in [0.2, 0.25) is 5.02 Å². The van der Waals surface area contributed by atoms with Gasteiger partial charge in [-0.25, -0.2) is 0 Å². The monoisotopic (exact) mass is 322 g/mol. The standard InChI is InChI=1S/C15H19ClN4S/c1-17-10-11-6-5-7-12(16)14(11)21-15-19-18-13-8-3-2-4-9-20(13)15/h5-7,17H,2-4,8-10H2,1H3. The highest BCUT2D eigenvalue weighted by atomic mass is 35.5. The summed E-state index contributed by atoms with van der Waals surface area (Å²) in [6.45, 7) is 1.81. The van der Waals surface area contributed by atoms with Gasteiger partial charge in [-0.3, -0.25) is 0 Å². The molecule has 0 amide bonds. The van der Waals surface area contributed by atoms with Gasteiger partial charge >= 0.3 is 0 Å². The summed E-state index contributed by atoms with van der Waals surface area (Å²) in [5.41, 5.74) is 1.20. The quantitative estimate of drug-likeness (QED) is 0.935. The molecule has 1 N–H and O–H groups in total. The molecule has 0 bridgehead atoms. The number of rotatable bonds is 4. The van der Waals surface area contributed by atoms with Gasteiger partial charge < -0.3 is 9.88 Å². The molecule has 0 spiro atoms. The van der Waals surface area contributed by atoms with Crippen LogP contribution in [0.15, 0.2) is 28.3 Å². The van der Waals surface area contributed by atoms with E-state index in [0.29, 0.717) is 0 Å². The van der Waals surface area contributed by atoms with Crippen LogP contribution in [0.5, 0.6) is 0 Å². The molecule has 0 atom stereocenters. The van der Waals surface area contributed by atoms with Crippen LogP contribution in [-0.2, 0) is 19.5 Å². The fourth-order valence-corrected chi connectivity index (χ4v) is 3.94. The van der Waals surface area contributed by atoms with Gasteiger partial charge in [-0.05, 0) is 43.3 Å². The van der Waals surface area contributed by atoms with Crippen molar-refractivity contribution >= 4 is 23.4 Å². The van der Waals surface area contributed by atoms with Crippen LogP contribution in [0.25, 0.3) is 0 Å². The minimum Gasteiger partial charge on any atom is -0.316 e. The summed E-state index contributed by atoms with van der Waals surface area (Å²) in [5, 5.41) is 13.6. The van der Waals surface area contributed by atoms with Crippen molar-refractivity contribution in [3.05, 3.63) is 34.6 Å². The Hall–Kier alpha value is -1.04. The summed E-state index contributed by atoms with van der Waals surface area (Å²) in [6, 6.07) is 6.02. The number of benzene rings is 1. The molecule has 2 aromatic rings. The van der Waals surface area contributed by atoms with E-state index in [1.54, 1.807) is 11.8 Å². The van der Waals surface area contributed by atoms with E-state index >= 15 is 0 Å². The molecule has 1 aliphatic heterocycles. The number of halogens is 1. The Morgan fingerprint density at radius 1 is 1.29 bits per heavy atom. The summed E-state index contributed by atoms with van der Waals surface area (Å²) >= 11 is 8.02. The number of hydrogen-bond acceptors (Lipinski definition) is 4. The summed E-state index contributed by atoms with van der Waals surface area (Å²) in [7, 11) is 1.94. The van der Waals surface area contributed by atoms with E-state index in [9.17, 15) is 0 Å². The van der Waals surface area contributed by atoms with Crippen molar-refractivity contribution in [2.75, 3.05) is 7.05 Å². The number of nitrogens with zero attached hydrogens (tertiary/aromatic N) is 3. The highest BCUT2D eigenvalue weighted by Gasteiger charge is 2.18. The molecule has 4 nitrogen and oxygen atoms in total. The molecule has 3 rings (SSSR count). The molecule has 112 valence electrons. The molecule has 2 heterocycles. The van der Waals surface area contributed by atoms with Crippen molar-refractivity contribution in [3.8, 4) is 0 Å². The Morgan fingerprint density at radius 3 is 3.05 bits per heavy atom. The molecule has 1 aromatic heterocycles. The molecule has 21 heavy (non-hydrogen) atoms. The van der Waals surface area contributed by atoms with Crippen LogP contribution in [0.1, 0.15) is 30.7 Å². The smallest absolute Gasteiger partial charge is 0.196 e. The molecule has 0 saturated carbocycles. The molecule has 6 heteroatoms. The van der Waals surface area contributed by atoms with Crippen LogP contribution in [0.3, 0.4) is 0 Å². The molecule has 0 aliphatic carbocycles. The van der Waals surface area contributed by atoms with E-state index < -0.39 is 0 Å². The van der Waals surface area contributed by atoms with Crippen molar-refractivity contribution < 1.29 is 0 Å². The zero-order valence-corrected chi connectivity index (χ0v) is 13.7. The third kappa shape index (κ3) is 3.25. The SMILES string of the molecule is CNCc1cccc(Cl)c1Sc1nnc2n1CCCCC2. The molecule has 0 fully saturated rings. The zero-order chi connectivity index (χ0) is 14.7. The van der Waals surface area contributed by atoms with E-state index in [-0.39, 0.29) is 0 Å². The molecule has 0 unspecified atom stereocenters. The van der Waals surface area contributed by atoms with Crippen molar-refractivity contribution in [2.24, 2.45) is 0 Å². The van der Waals surface area contributed by atoms with Gasteiger partial charge in [0.25, 0.3) is 0 Å². The first kappa shape index (κ1) is 14.9. The van der Waals surface area contributed by atoms with E-state index in [2.05, 4.69) is 26.1 Å². The Labute approximate surface area is 134 Å². The summed E-state index contributed by atoms with van der Waals surface area (Å²) in [6.07, 6.45) is 4.70. The summed E-state index contributed by atoms with van der Waals surface area (Å²) in [5.74, 6) is 1.11. The predicted octanol–water partition coefficient (Wildman–Crippen LogP) is 3.53. The average Bonchev–Trinajstić information content (AvgIpc) is 2.70. The van der Waals surface area contributed by atoms with E-state index in [1.807, 2.05) is 19.2 Å². The predicted molar refractivity (Wildman–Crippen MR) is 85.9 cm³/mol. The van der Waals surface area contributed by atoms with Gasteiger partial charge in [0.15, 0.2) is 5.16 Å². The minimum absolute atomic E-state index is 0.777. The van der Waals surface area contributed by atoms with Crippen LogP contribution < -0.4 is 5.32 Å². The third-order valence-electron chi connectivity index (χ3n) is 3.68. The Morgan fingerprint density at radius 2 is 2.19 bits per heavy atom. The Bertz CT molecular complexity index is 626. The maximum atomic E-state index is 6.39. The van der Waals surface area contributed by atoms with E-state index in [0.717, 1.165) is 40.4 Å². The topological polar surface area (TPSA) is 42.7 Å².